The maximum atomic E-state index is 8.28. The van der Waals surface area contributed by atoms with E-state index in [1.54, 1.807) is 17.5 Å². The number of hydrogen-bond donors (Lipinski definition) is 0. The average molecular weight is 736 g/mol. The van der Waals surface area contributed by atoms with E-state index in [1.807, 2.05) is 62.5 Å². The van der Waals surface area contributed by atoms with Crippen LogP contribution in [0.5, 0.6) is 0 Å². The Hall–Kier alpha value is -2.95. The van der Waals surface area contributed by atoms with Crippen LogP contribution in [0.2, 0.25) is 19.6 Å². The molecule has 0 fully saturated rings. The molecule has 3 heterocycles. The topological polar surface area (TPSA) is 25.8 Å². The smallest absolute Gasteiger partial charge is 0.0795 e. The molecule has 1 radical (unpaired) electrons. The van der Waals surface area contributed by atoms with Gasteiger partial charge in [-0.15, -0.1) is 59.7 Å². The summed E-state index contributed by atoms with van der Waals surface area (Å²) < 4.78 is 10.8. The number of aryl methyl sites for hydroxylation is 1. The van der Waals surface area contributed by atoms with Gasteiger partial charge in [0.25, 0.3) is 0 Å². The second-order valence-corrected chi connectivity index (χ2v) is 17.2. The van der Waals surface area contributed by atoms with E-state index in [1.165, 1.54) is 30.9 Å². The number of pyridine rings is 2. The van der Waals surface area contributed by atoms with Crippen LogP contribution in [-0.2, 0) is 20.1 Å². The van der Waals surface area contributed by atoms with Gasteiger partial charge in [0.15, 0.2) is 0 Å². The van der Waals surface area contributed by atoms with Crippen LogP contribution in [0.1, 0.15) is 32.2 Å². The second kappa shape index (κ2) is 12.7. The summed E-state index contributed by atoms with van der Waals surface area (Å²) in [6, 6.07) is 33.3. The Morgan fingerprint density at radius 2 is 1.70 bits per heavy atom. The van der Waals surface area contributed by atoms with E-state index >= 15 is 0 Å². The number of rotatable bonds is 4. The van der Waals surface area contributed by atoms with Gasteiger partial charge in [0, 0.05) is 38.6 Å². The number of nitrogens with zero attached hydrogens (tertiary/aromatic N) is 2. The fourth-order valence-electron chi connectivity index (χ4n) is 4.59. The van der Waals surface area contributed by atoms with Crippen molar-refractivity contribution in [2.24, 2.45) is 0 Å². The van der Waals surface area contributed by atoms with E-state index < -0.39 is 14.0 Å². The Kier molecular flexibility index (Phi) is 9.07. The zero-order valence-corrected chi connectivity index (χ0v) is 28.0. The van der Waals surface area contributed by atoms with Crippen molar-refractivity contribution >= 4 is 44.8 Å². The molecule has 0 saturated carbocycles. The molecule has 6 rings (SSSR count). The molecule has 205 valence electrons. The normalized spacial score (nSPS) is 11.9. The third kappa shape index (κ3) is 6.50. The SMILES string of the molecule is C[Si](C)(C)c1ccc(-c2[c-]cccc2)nc1.[2H]C(C)(C)c1ccnc(-c2[c-]ccc3c2sc2cccc(C)c23)c1.[Ir]. The number of hydrogen-bond acceptors (Lipinski definition) is 3. The molecule has 3 aromatic carbocycles. The summed E-state index contributed by atoms with van der Waals surface area (Å²) in [6.45, 7) is 13.0. The molecule has 5 heteroatoms. The minimum Gasteiger partial charge on any atom is -0.305 e. The fourth-order valence-corrected chi connectivity index (χ4v) is 6.91. The van der Waals surface area contributed by atoms with Crippen molar-refractivity contribution < 1.29 is 21.5 Å². The summed E-state index contributed by atoms with van der Waals surface area (Å²) in [4.78, 5) is 9.08. The summed E-state index contributed by atoms with van der Waals surface area (Å²) >= 11 is 1.79. The van der Waals surface area contributed by atoms with E-state index in [0.29, 0.717) is 0 Å². The van der Waals surface area contributed by atoms with Crippen molar-refractivity contribution in [1.29, 1.82) is 0 Å². The van der Waals surface area contributed by atoms with Crippen molar-refractivity contribution in [1.82, 2.24) is 9.97 Å². The first-order valence-electron chi connectivity index (χ1n) is 13.8. The van der Waals surface area contributed by atoms with Crippen molar-refractivity contribution in [2.75, 3.05) is 0 Å². The molecule has 0 aliphatic carbocycles. The second-order valence-electron chi connectivity index (χ2n) is 11.0. The van der Waals surface area contributed by atoms with E-state index in [-0.39, 0.29) is 20.1 Å². The van der Waals surface area contributed by atoms with Gasteiger partial charge in [0.05, 0.1) is 8.07 Å². The van der Waals surface area contributed by atoms with Gasteiger partial charge in [-0.1, -0.05) is 74.8 Å². The van der Waals surface area contributed by atoms with Crippen molar-refractivity contribution in [3.8, 4) is 22.5 Å². The predicted octanol–water partition coefficient (Wildman–Crippen LogP) is 9.44. The zero-order valence-electron chi connectivity index (χ0n) is 24.8. The number of fused-ring (bicyclic) bond motifs is 3. The monoisotopic (exact) mass is 736 g/mol. The van der Waals surface area contributed by atoms with Gasteiger partial charge in [-0.05, 0) is 57.2 Å². The molecular weight excluding hydrogens is 701 g/mol. The predicted molar refractivity (Wildman–Crippen MR) is 172 cm³/mol. The quantitative estimate of drug-likeness (QED) is 0.133. The molecule has 6 aromatic rings. The van der Waals surface area contributed by atoms with Crippen LogP contribution < -0.4 is 5.19 Å². The van der Waals surface area contributed by atoms with Gasteiger partial charge < -0.3 is 9.97 Å². The van der Waals surface area contributed by atoms with E-state index in [0.717, 1.165) is 28.1 Å². The van der Waals surface area contributed by atoms with Gasteiger partial charge in [-0.2, -0.15) is 11.3 Å². The molecule has 2 nitrogen and oxygen atoms in total. The number of aromatic nitrogens is 2. The fraction of sp³-hybridized carbons (Fsp3) is 0.200. The third-order valence-corrected chi connectivity index (χ3v) is 10.1. The summed E-state index contributed by atoms with van der Waals surface area (Å²) in [5, 5.41) is 3.98. The largest absolute Gasteiger partial charge is 0.305 e. The van der Waals surface area contributed by atoms with Crippen LogP contribution >= 0.6 is 11.3 Å². The average Bonchev–Trinajstić information content (AvgIpc) is 3.33. The third-order valence-electron chi connectivity index (χ3n) is 6.87. The van der Waals surface area contributed by atoms with Crippen LogP contribution in [0, 0.1) is 19.1 Å². The molecule has 0 amide bonds. The maximum Gasteiger partial charge on any atom is 0.0795 e. The van der Waals surface area contributed by atoms with Crippen LogP contribution in [0.25, 0.3) is 42.7 Å². The minimum atomic E-state index is -1.23. The van der Waals surface area contributed by atoms with E-state index in [4.69, 9.17) is 1.37 Å². The minimum absolute atomic E-state index is 0. The molecule has 0 spiro atoms. The molecule has 3 aromatic heterocycles. The Morgan fingerprint density at radius 1 is 0.875 bits per heavy atom. The van der Waals surface area contributed by atoms with Crippen LogP contribution in [0.4, 0.5) is 0 Å². The summed E-state index contributed by atoms with van der Waals surface area (Å²) in [5.41, 5.74) is 6.24. The van der Waals surface area contributed by atoms with Gasteiger partial charge in [-0.25, -0.2) is 0 Å². The van der Waals surface area contributed by atoms with Crippen LogP contribution in [0.3, 0.4) is 0 Å². The zero-order chi connectivity index (χ0) is 28.5. The number of thiophene rings is 1. The van der Waals surface area contributed by atoms with Crippen molar-refractivity contribution in [2.45, 2.75) is 46.3 Å². The molecule has 0 bridgehead atoms. The van der Waals surface area contributed by atoms with Gasteiger partial charge in [0.2, 0.25) is 0 Å². The Bertz CT molecular complexity index is 1770. The standard InChI is InChI=1S/C21H18NS.C14H16NSi.Ir/c1-13(2)15-10-11-22-18(12-15)16-7-5-8-17-20-14(3)6-4-9-19(20)23-21(16)17;1-16(2,3)13-9-10-14(15-11-13)12-7-5-4-6-8-12;/h4-6,8-13H,1-3H3;4-7,9-11H,1-3H3;/q2*-1;/i13D;;. The molecule has 40 heavy (non-hydrogen) atoms. The summed E-state index contributed by atoms with van der Waals surface area (Å²) in [7, 11) is -1.23. The molecular formula is C35H34IrN2SSi-2. The maximum absolute atomic E-state index is 8.28. The Morgan fingerprint density at radius 3 is 2.38 bits per heavy atom. The molecule has 0 saturated heterocycles. The Labute approximate surface area is 258 Å². The molecule has 0 aliphatic heterocycles. The van der Waals surface area contributed by atoms with Crippen LogP contribution in [0.15, 0.2) is 91.3 Å². The number of benzene rings is 3. The van der Waals surface area contributed by atoms with E-state index in [9.17, 15) is 0 Å². The summed E-state index contributed by atoms with van der Waals surface area (Å²) in [6.07, 6.45) is 3.81. The first-order valence-corrected chi connectivity index (χ1v) is 17.6. The van der Waals surface area contributed by atoms with Crippen molar-refractivity contribution in [3.63, 3.8) is 0 Å². The molecule has 0 atom stereocenters. The first kappa shape index (κ1) is 28.6. The summed E-state index contributed by atoms with van der Waals surface area (Å²) in [5.74, 6) is -0.637. The molecule has 0 N–H and O–H groups in total. The van der Waals surface area contributed by atoms with Gasteiger partial charge in [-0.3, -0.25) is 0 Å². The van der Waals surface area contributed by atoms with Crippen molar-refractivity contribution in [3.05, 3.63) is 115 Å². The molecule has 0 aliphatic rings. The Balaban J connectivity index is 0.000000200. The first-order chi connectivity index (χ1) is 19.0. The van der Waals surface area contributed by atoms with Gasteiger partial charge in [0.1, 0.15) is 0 Å². The van der Waals surface area contributed by atoms with Crippen LogP contribution in [-0.4, -0.2) is 18.0 Å². The molecule has 0 unspecified atom stereocenters. The van der Waals surface area contributed by atoms with Gasteiger partial charge >= 0.3 is 0 Å². The van der Waals surface area contributed by atoms with E-state index in [2.05, 4.69) is 85.1 Å².